The molecule has 112 valence electrons. The Morgan fingerprint density at radius 1 is 1.38 bits per heavy atom. The van der Waals surface area contributed by atoms with Crippen LogP contribution in [-0.4, -0.2) is 10.9 Å². The van der Waals surface area contributed by atoms with Gasteiger partial charge < -0.3 is 5.32 Å². The third kappa shape index (κ3) is 4.56. The second-order valence-electron chi connectivity index (χ2n) is 4.51. The zero-order valence-corrected chi connectivity index (χ0v) is 12.0. The average Bonchev–Trinajstić information content (AvgIpc) is 2.82. The van der Waals surface area contributed by atoms with Gasteiger partial charge in [-0.15, -0.1) is 11.3 Å². The van der Waals surface area contributed by atoms with Crippen molar-refractivity contribution < 1.29 is 18.0 Å². The molecule has 2 aromatic rings. The van der Waals surface area contributed by atoms with E-state index in [2.05, 4.69) is 10.3 Å². The number of anilines is 1. The number of aryl methyl sites for hydroxylation is 2. The maximum absolute atomic E-state index is 12.6. The number of amides is 1. The van der Waals surface area contributed by atoms with Gasteiger partial charge in [0.25, 0.3) is 0 Å². The van der Waals surface area contributed by atoms with Crippen LogP contribution < -0.4 is 5.32 Å². The van der Waals surface area contributed by atoms with Crippen LogP contribution in [0.15, 0.2) is 29.6 Å². The zero-order chi connectivity index (χ0) is 15.5. The van der Waals surface area contributed by atoms with Gasteiger partial charge >= 0.3 is 6.18 Å². The molecule has 7 heteroatoms. The number of nitrogens with zero attached hydrogens (tertiary/aromatic N) is 1. The summed E-state index contributed by atoms with van der Waals surface area (Å²) in [7, 11) is 0. The van der Waals surface area contributed by atoms with E-state index in [-0.39, 0.29) is 18.0 Å². The van der Waals surface area contributed by atoms with Gasteiger partial charge in [-0.3, -0.25) is 4.79 Å². The molecule has 1 aromatic heterocycles. The molecule has 1 heterocycles. The molecule has 0 aliphatic carbocycles. The number of halogens is 3. The first kappa shape index (κ1) is 15.5. The fourth-order valence-corrected chi connectivity index (χ4v) is 2.51. The van der Waals surface area contributed by atoms with Gasteiger partial charge in [-0.05, 0) is 25.1 Å². The van der Waals surface area contributed by atoms with Crippen LogP contribution in [0.25, 0.3) is 0 Å². The molecule has 0 aliphatic rings. The highest BCUT2D eigenvalue weighted by atomic mass is 32.1. The highest BCUT2D eigenvalue weighted by molar-refractivity contribution is 7.09. The lowest BCUT2D eigenvalue weighted by molar-refractivity contribution is -0.137. The maximum atomic E-state index is 12.6. The Morgan fingerprint density at radius 3 is 2.76 bits per heavy atom. The van der Waals surface area contributed by atoms with E-state index in [1.54, 1.807) is 0 Å². The number of benzene rings is 1. The van der Waals surface area contributed by atoms with Gasteiger partial charge in [0.05, 0.1) is 10.6 Å². The second-order valence-corrected chi connectivity index (χ2v) is 5.45. The molecule has 21 heavy (non-hydrogen) atoms. The molecule has 0 atom stereocenters. The van der Waals surface area contributed by atoms with Gasteiger partial charge in [0.15, 0.2) is 0 Å². The lowest BCUT2D eigenvalue weighted by atomic mass is 10.2. The van der Waals surface area contributed by atoms with Crippen LogP contribution in [0.3, 0.4) is 0 Å². The first-order valence-electron chi connectivity index (χ1n) is 6.23. The highest BCUT2D eigenvalue weighted by Crippen LogP contribution is 2.30. The number of alkyl halides is 3. The molecule has 0 aliphatic heterocycles. The van der Waals surface area contributed by atoms with Crippen molar-refractivity contribution in [3.05, 3.63) is 45.9 Å². The van der Waals surface area contributed by atoms with Gasteiger partial charge in [0.1, 0.15) is 0 Å². The van der Waals surface area contributed by atoms with Crippen LogP contribution in [0.2, 0.25) is 0 Å². The predicted molar refractivity (Wildman–Crippen MR) is 75.2 cm³/mol. The largest absolute Gasteiger partial charge is 0.416 e. The number of carbonyl (C=O) groups is 1. The number of aromatic nitrogens is 1. The predicted octanol–water partition coefficient (Wildman–Crippen LogP) is 4.04. The van der Waals surface area contributed by atoms with Gasteiger partial charge in [-0.2, -0.15) is 13.2 Å². The summed E-state index contributed by atoms with van der Waals surface area (Å²) in [6, 6.07) is 4.59. The maximum Gasteiger partial charge on any atom is 0.416 e. The third-order valence-corrected chi connectivity index (χ3v) is 3.73. The molecule has 0 bridgehead atoms. The van der Waals surface area contributed by atoms with Crippen LogP contribution in [-0.2, 0) is 17.4 Å². The average molecular weight is 314 g/mol. The fourth-order valence-electron chi connectivity index (χ4n) is 1.73. The van der Waals surface area contributed by atoms with Gasteiger partial charge in [-0.25, -0.2) is 4.98 Å². The molecule has 1 amide bonds. The van der Waals surface area contributed by atoms with E-state index in [0.29, 0.717) is 6.42 Å². The number of hydrogen-bond acceptors (Lipinski definition) is 3. The van der Waals surface area contributed by atoms with E-state index >= 15 is 0 Å². The quantitative estimate of drug-likeness (QED) is 0.925. The molecule has 0 fully saturated rings. The highest BCUT2D eigenvalue weighted by Gasteiger charge is 2.30. The summed E-state index contributed by atoms with van der Waals surface area (Å²) in [4.78, 5) is 16.0. The summed E-state index contributed by atoms with van der Waals surface area (Å²) >= 11 is 1.46. The second kappa shape index (κ2) is 6.26. The summed E-state index contributed by atoms with van der Waals surface area (Å²) in [5.41, 5.74) is 0.259. The number of rotatable bonds is 4. The molecule has 0 unspecified atom stereocenters. The van der Waals surface area contributed by atoms with Gasteiger partial charge in [-0.1, -0.05) is 6.07 Å². The lowest BCUT2D eigenvalue weighted by Crippen LogP contribution is -2.13. The van der Waals surface area contributed by atoms with E-state index in [0.717, 1.165) is 22.8 Å². The van der Waals surface area contributed by atoms with Crippen LogP contribution in [0.5, 0.6) is 0 Å². The summed E-state index contributed by atoms with van der Waals surface area (Å²) in [6.07, 6.45) is -3.76. The Labute approximate surface area is 123 Å². The Bertz CT molecular complexity index is 637. The summed E-state index contributed by atoms with van der Waals surface area (Å²) < 4.78 is 37.7. The Kier molecular flexibility index (Phi) is 4.62. The zero-order valence-electron chi connectivity index (χ0n) is 11.2. The molecule has 1 aromatic carbocycles. The van der Waals surface area contributed by atoms with Crippen LogP contribution in [0.1, 0.15) is 22.7 Å². The topological polar surface area (TPSA) is 42.0 Å². The monoisotopic (exact) mass is 314 g/mol. The molecular formula is C14H13F3N2OS. The normalized spacial score (nSPS) is 11.4. The molecule has 0 saturated heterocycles. The van der Waals surface area contributed by atoms with E-state index in [9.17, 15) is 18.0 Å². The minimum absolute atomic E-state index is 0.144. The van der Waals surface area contributed by atoms with Crippen molar-refractivity contribution in [2.24, 2.45) is 0 Å². The molecule has 0 saturated carbocycles. The smallest absolute Gasteiger partial charge is 0.326 e. The van der Waals surface area contributed by atoms with Gasteiger partial charge in [0, 0.05) is 29.6 Å². The number of thiazole rings is 1. The van der Waals surface area contributed by atoms with Crippen molar-refractivity contribution in [2.45, 2.75) is 25.9 Å². The van der Waals surface area contributed by atoms with Crippen molar-refractivity contribution in [3.8, 4) is 0 Å². The molecule has 3 nitrogen and oxygen atoms in total. The van der Waals surface area contributed by atoms with E-state index in [1.165, 1.54) is 23.5 Å². The van der Waals surface area contributed by atoms with E-state index < -0.39 is 11.7 Å². The summed E-state index contributed by atoms with van der Waals surface area (Å²) in [5.74, 6) is -0.331. The van der Waals surface area contributed by atoms with Crippen molar-refractivity contribution in [1.82, 2.24) is 4.98 Å². The van der Waals surface area contributed by atoms with Crippen LogP contribution in [0.4, 0.5) is 18.9 Å². The van der Waals surface area contributed by atoms with Crippen molar-refractivity contribution in [2.75, 3.05) is 5.32 Å². The Hall–Kier alpha value is -1.89. The number of hydrogen-bond donors (Lipinski definition) is 1. The number of nitrogens with one attached hydrogen (secondary N) is 1. The summed E-state index contributed by atoms with van der Waals surface area (Å²) in [5, 5.41) is 5.20. The molecule has 2 rings (SSSR count). The van der Waals surface area contributed by atoms with Crippen molar-refractivity contribution in [3.63, 3.8) is 0 Å². The molecule has 0 spiro atoms. The number of carbonyl (C=O) groups excluding carboxylic acids is 1. The Morgan fingerprint density at radius 2 is 2.14 bits per heavy atom. The standard InChI is InChI=1S/C14H13F3N2OS/c1-9-8-21-13(18-9)6-5-12(20)19-11-4-2-3-10(7-11)14(15,16)17/h2-4,7-8H,5-6H2,1H3,(H,19,20). The minimum atomic E-state index is -4.42. The molecule has 0 radical (unpaired) electrons. The minimum Gasteiger partial charge on any atom is -0.326 e. The van der Waals surface area contributed by atoms with Crippen molar-refractivity contribution in [1.29, 1.82) is 0 Å². The third-order valence-electron chi connectivity index (χ3n) is 2.71. The Balaban J connectivity index is 1.93. The van der Waals surface area contributed by atoms with Crippen molar-refractivity contribution >= 4 is 22.9 Å². The van der Waals surface area contributed by atoms with E-state index in [1.807, 2.05) is 12.3 Å². The summed E-state index contributed by atoms with van der Waals surface area (Å²) in [6.45, 7) is 1.86. The lowest BCUT2D eigenvalue weighted by Gasteiger charge is -2.09. The SMILES string of the molecule is Cc1csc(CCC(=O)Nc2cccc(C(F)(F)F)c2)n1. The van der Waals surface area contributed by atoms with Gasteiger partial charge in [0.2, 0.25) is 5.91 Å². The fraction of sp³-hybridized carbons (Fsp3) is 0.286. The molecular weight excluding hydrogens is 301 g/mol. The first-order chi connectivity index (χ1) is 9.84. The van der Waals surface area contributed by atoms with E-state index in [4.69, 9.17) is 0 Å². The van der Waals surface area contributed by atoms with Crippen LogP contribution >= 0.6 is 11.3 Å². The molecule has 1 N–H and O–H groups in total. The van der Waals surface area contributed by atoms with Crippen LogP contribution in [0, 0.1) is 6.92 Å². The first-order valence-corrected chi connectivity index (χ1v) is 7.10.